The van der Waals surface area contributed by atoms with E-state index in [1.54, 1.807) is 6.21 Å². The van der Waals surface area contributed by atoms with E-state index in [2.05, 4.69) is 36.7 Å². The summed E-state index contributed by atoms with van der Waals surface area (Å²) in [6, 6.07) is 9.69. The molecule has 6 rings (SSSR count). The summed E-state index contributed by atoms with van der Waals surface area (Å²) >= 11 is 3.40. The molecule has 4 fully saturated rings. The van der Waals surface area contributed by atoms with Crippen molar-refractivity contribution in [3.8, 4) is 0 Å². The molecule has 0 radical (unpaired) electrons. The number of aromatic amines is 1. The third-order valence-corrected chi connectivity index (χ3v) is 7.20. The summed E-state index contributed by atoms with van der Waals surface area (Å²) in [6.45, 7) is 0. The van der Waals surface area contributed by atoms with E-state index >= 15 is 0 Å². The fraction of sp³-hybridized carbons (Fsp3) is 0.476. The highest BCUT2D eigenvalue weighted by atomic mass is 79.9. The van der Waals surface area contributed by atoms with Crippen LogP contribution in [0.5, 0.6) is 0 Å². The average Bonchev–Trinajstić information content (AvgIpc) is 3.13. The van der Waals surface area contributed by atoms with Crippen LogP contribution < -0.4 is 5.43 Å². The Morgan fingerprint density at radius 1 is 1.15 bits per heavy atom. The van der Waals surface area contributed by atoms with Crippen molar-refractivity contribution < 1.29 is 4.79 Å². The maximum atomic E-state index is 12.4. The van der Waals surface area contributed by atoms with Gasteiger partial charge in [-0.3, -0.25) is 9.89 Å². The second kappa shape index (κ2) is 6.59. The van der Waals surface area contributed by atoms with E-state index < -0.39 is 0 Å². The topological polar surface area (TPSA) is 70.1 Å². The number of nitrogens with zero attached hydrogens (tertiary/aromatic N) is 2. The number of nitrogens with one attached hydrogen (secondary N) is 2. The van der Waals surface area contributed by atoms with Crippen LogP contribution in [0.2, 0.25) is 0 Å². The van der Waals surface area contributed by atoms with Crippen molar-refractivity contribution in [2.24, 2.45) is 22.9 Å². The summed E-state index contributed by atoms with van der Waals surface area (Å²) in [5.41, 5.74) is 5.32. The van der Waals surface area contributed by atoms with Crippen LogP contribution in [0.25, 0.3) is 0 Å². The number of rotatable bonds is 4. The van der Waals surface area contributed by atoms with E-state index in [0.29, 0.717) is 5.69 Å². The molecule has 4 aliphatic carbocycles. The predicted molar refractivity (Wildman–Crippen MR) is 108 cm³/mol. The highest BCUT2D eigenvalue weighted by Crippen LogP contribution is 2.60. The number of carbonyl (C=O) groups excluding carboxylic acids is 1. The highest BCUT2D eigenvalue weighted by molar-refractivity contribution is 9.10. The lowest BCUT2D eigenvalue weighted by molar-refractivity contribution is -0.00721. The third kappa shape index (κ3) is 3.24. The standard InChI is InChI=1S/C21H23BrN4O/c22-17-3-1-13(2-4-17)12-23-26-20(27)18-8-19(25-24-18)21-9-14-5-15(10-21)7-16(6-14)11-21/h1-4,8,12,14-16H,5-7,9-11H2,(H,24,25)(H,26,27)/b23-12-. The molecule has 1 heterocycles. The second-order valence-electron chi connectivity index (χ2n) is 8.62. The molecule has 0 unspecified atom stereocenters. The number of hydrazone groups is 1. The normalized spacial score (nSPS) is 31.5. The van der Waals surface area contributed by atoms with E-state index in [1.165, 1.54) is 38.5 Å². The van der Waals surface area contributed by atoms with Crippen molar-refractivity contribution in [1.29, 1.82) is 0 Å². The molecule has 27 heavy (non-hydrogen) atoms. The molecular weight excluding hydrogens is 404 g/mol. The first-order valence-corrected chi connectivity index (χ1v) is 10.5. The van der Waals surface area contributed by atoms with Crippen molar-refractivity contribution >= 4 is 28.1 Å². The van der Waals surface area contributed by atoms with E-state index in [1.807, 2.05) is 30.3 Å². The van der Waals surface area contributed by atoms with Crippen molar-refractivity contribution in [3.05, 3.63) is 51.8 Å². The Morgan fingerprint density at radius 3 is 2.41 bits per heavy atom. The first-order valence-electron chi connectivity index (χ1n) is 9.74. The molecule has 4 aliphatic rings. The molecule has 4 saturated carbocycles. The molecule has 140 valence electrons. The number of aromatic nitrogens is 2. The maximum absolute atomic E-state index is 12.4. The number of hydrogen-bond acceptors (Lipinski definition) is 3. The number of hydrogen-bond donors (Lipinski definition) is 2. The smallest absolute Gasteiger partial charge is 0.281 e. The summed E-state index contributed by atoms with van der Waals surface area (Å²) < 4.78 is 1.01. The summed E-state index contributed by atoms with van der Waals surface area (Å²) in [4.78, 5) is 12.4. The molecule has 2 N–H and O–H groups in total. The van der Waals surface area contributed by atoms with Crippen LogP contribution in [0.1, 0.15) is 60.3 Å². The minimum atomic E-state index is -0.268. The van der Waals surface area contributed by atoms with Crippen LogP contribution in [0.3, 0.4) is 0 Å². The summed E-state index contributed by atoms with van der Waals surface area (Å²) in [6.07, 6.45) is 9.62. The summed E-state index contributed by atoms with van der Waals surface area (Å²) in [5.74, 6) is 2.34. The van der Waals surface area contributed by atoms with Gasteiger partial charge in [0.05, 0.1) is 6.21 Å². The van der Waals surface area contributed by atoms with Gasteiger partial charge in [0.25, 0.3) is 5.91 Å². The molecule has 0 aliphatic heterocycles. The van der Waals surface area contributed by atoms with E-state index in [4.69, 9.17) is 0 Å². The lowest BCUT2D eigenvalue weighted by atomic mass is 9.49. The fourth-order valence-corrected chi connectivity index (χ4v) is 6.19. The molecular formula is C21H23BrN4O. The lowest BCUT2D eigenvalue weighted by Crippen LogP contribution is -2.48. The molecule has 6 heteroatoms. The van der Waals surface area contributed by atoms with E-state index in [0.717, 1.165) is 33.5 Å². The number of H-pyrrole nitrogens is 1. The maximum Gasteiger partial charge on any atom is 0.291 e. The van der Waals surface area contributed by atoms with Gasteiger partial charge >= 0.3 is 0 Å². The van der Waals surface area contributed by atoms with E-state index in [-0.39, 0.29) is 11.3 Å². The molecule has 0 spiro atoms. The number of benzene rings is 1. The van der Waals surface area contributed by atoms with Gasteiger partial charge in [-0.1, -0.05) is 28.1 Å². The van der Waals surface area contributed by atoms with Crippen molar-refractivity contribution in [1.82, 2.24) is 15.6 Å². The Morgan fingerprint density at radius 2 is 1.78 bits per heavy atom. The van der Waals surface area contributed by atoms with E-state index in [9.17, 15) is 4.79 Å². The SMILES string of the molecule is O=C(N/N=C\c1ccc(Br)cc1)c1cc(C23CC4CC(CC(C4)C2)C3)[nH]n1. The van der Waals surface area contributed by atoms with Gasteiger partial charge in [-0.15, -0.1) is 0 Å². The molecule has 1 aromatic heterocycles. The minimum Gasteiger partial charge on any atom is -0.281 e. The van der Waals surface area contributed by atoms with Crippen LogP contribution in [0.4, 0.5) is 0 Å². The van der Waals surface area contributed by atoms with Gasteiger partial charge in [-0.05, 0) is 80.0 Å². The zero-order chi connectivity index (χ0) is 18.4. The van der Waals surface area contributed by atoms with Gasteiger partial charge in [0.15, 0.2) is 5.69 Å². The van der Waals surface area contributed by atoms with Gasteiger partial charge in [0.1, 0.15) is 0 Å². The third-order valence-electron chi connectivity index (χ3n) is 6.67. The van der Waals surface area contributed by atoms with Gasteiger partial charge in [0, 0.05) is 15.6 Å². The Bertz CT molecular complexity index is 851. The molecule has 1 aromatic carbocycles. The molecule has 0 saturated heterocycles. The average molecular weight is 427 g/mol. The van der Waals surface area contributed by atoms with Crippen molar-refractivity contribution in [3.63, 3.8) is 0 Å². The molecule has 0 atom stereocenters. The zero-order valence-corrected chi connectivity index (χ0v) is 16.7. The molecule has 1 amide bonds. The molecule has 2 aromatic rings. The number of carbonyl (C=O) groups is 1. The lowest BCUT2D eigenvalue weighted by Gasteiger charge is -2.56. The largest absolute Gasteiger partial charge is 0.291 e. The summed E-state index contributed by atoms with van der Waals surface area (Å²) in [7, 11) is 0. The van der Waals surface area contributed by atoms with Crippen LogP contribution in [-0.4, -0.2) is 22.3 Å². The van der Waals surface area contributed by atoms with Crippen LogP contribution in [-0.2, 0) is 5.41 Å². The van der Waals surface area contributed by atoms with Gasteiger partial charge in [-0.25, -0.2) is 5.43 Å². The Balaban J connectivity index is 1.28. The summed E-state index contributed by atoms with van der Waals surface area (Å²) in [5, 5.41) is 11.5. The second-order valence-corrected chi connectivity index (χ2v) is 9.53. The minimum absolute atomic E-state index is 0.223. The Labute approximate surface area is 167 Å². The quantitative estimate of drug-likeness (QED) is 0.561. The van der Waals surface area contributed by atoms with Crippen LogP contribution in [0.15, 0.2) is 39.9 Å². The first-order chi connectivity index (χ1) is 13.1. The highest BCUT2D eigenvalue weighted by Gasteiger charge is 2.52. The van der Waals surface area contributed by atoms with Gasteiger partial charge in [0.2, 0.25) is 0 Å². The molecule has 5 nitrogen and oxygen atoms in total. The van der Waals surface area contributed by atoms with Crippen LogP contribution in [0, 0.1) is 17.8 Å². The molecule has 4 bridgehead atoms. The number of amides is 1. The Hall–Kier alpha value is -1.95. The fourth-order valence-electron chi connectivity index (χ4n) is 5.92. The zero-order valence-electron chi connectivity index (χ0n) is 15.1. The Kier molecular flexibility index (Phi) is 4.19. The number of halogens is 1. The van der Waals surface area contributed by atoms with Crippen molar-refractivity contribution in [2.75, 3.05) is 0 Å². The first kappa shape index (κ1) is 17.2. The van der Waals surface area contributed by atoms with Crippen molar-refractivity contribution in [2.45, 2.75) is 43.9 Å². The van der Waals surface area contributed by atoms with Gasteiger partial charge < -0.3 is 0 Å². The van der Waals surface area contributed by atoms with Gasteiger partial charge in [-0.2, -0.15) is 10.2 Å². The van der Waals surface area contributed by atoms with Crippen LogP contribution >= 0.6 is 15.9 Å². The monoisotopic (exact) mass is 426 g/mol. The predicted octanol–water partition coefficient (Wildman–Crippen LogP) is 4.40.